The van der Waals surface area contributed by atoms with E-state index in [1.165, 1.54) is 6.08 Å². The van der Waals surface area contributed by atoms with Crippen molar-refractivity contribution in [3.05, 3.63) is 47.1 Å². The average Bonchev–Trinajstić information content (AvgIpc) is 2.43. The fourth-order valence-electron chi connectivity index (χ4n) is 2.10. The number of allylic oxidation sites excluding steroid dienone is 7. The van der Waals surface area contributed by atoms with Gasteiger partial charge in [-0.05, 0) is 32.8 Å². The molecule has 1 nitrogen and oxygen atoms in total. The fourth-order valence-corrected chi connectivity index (χ4v) is 2.10. The topological polar surface area (TPSA) is 23.8 Å². The predicted molar refractivity (Wildman–Crippen MR) is 85.1 cm³/mol. The van der Waals surface area contributed by atoms with Crippen molar-refractivity contribution < 1.29 is 13.2 Å². The number of hydrogen-bond donors (Lipinski definition) is 0. The number of rotatable bonds is 7. The van der Waals surface area contributed by atoms with Crippen molar-refractivity contribution in [2.75, 3.05) is 0 Å². The molecule has 0 N–H and O–H groups in total. The summed E-state index contributed by atoms with van der Waals surface area (Å²) in [5, 5.41) is 9.00. The van der Waals surface area contributed by atoms with E-state index in [2.05, 4.69) is 6.58 Å². The number of halogens is 3. The second kappa shape index (κ2) is 9.30. The molecule has 0 aliphatic rings. The molecule has 0 aliphatic carbocycles. The maximum atomic E-state index is 13.3. The Hall–Kier alpha value is -1.76. The van der Waals surface area contributed by atoms with Gasteiger partial charge in [0.2, 0.25) is 0 Å². The molecular formula is C18H24F3N. The van der Waals surface area contributed by atoms with Gasteiger partial charge in [0.05, 0.1) is 12.0 Å². The van der Waals surface area contributed by atoms with Gasteiger partial charge in [-0.3, -0.25) is 0 Å². The lowest BCUT2D eigenvalue weighted by Crippen LogP contribution is -2.25. The van der Waals surface area contributed by atoms with Crippen LogP contribution < -0.4 is 0 Å². The molecule has 0 bridgehead atoms. The zero-order chi connectivity index (χ0) is 17.3. The molecule has 0 aromatic rings. The third kappa shape index (κ3) is 6.80. The van der Waals surface area contributed by atoms with Gasteiger partial charge in [-0.25, -0.2) is 0 Å². The first-order valence-electron chi connectivity index (χ1n) is 7.36. The Morgan fingerprint density at radius 1 is 1.23 bits per heavy atom. The van der Waals surface area contributed by atoms with Gasteiger partial charge in [0.15, 0.2) is 0 Å². The molecule has 0 aromatic heterocycles. The molecule has 122 valence electrons. The first-order chi connectivity index (χ1) is 10.2. The maximum Gasteiger partial charge on any atom is 0.395 e. The zero-order valence-electron chi connectivity index (χ0n) is 13.7. The molecule has 0 heterocycles. The van der Waals surface area contributed by atoms with Gasteiger partial charge in [0.25, 0.3) is 0 Å². The van der Waals surface area contributed by atoms with Crippen LogP contribution in [0.5, 0.6) is 0 Å². The third-order valence-corrected chi connectivity index (χ3v) is 3.39. The number of unbranched alkanes of at least 4 members (excludes halogenated alkanes) is 1. The Morgan fingerprint density at radius 3 is 2.23 bits per heavy atom. The molecule has 0 fully saturated rings. The van der Waals surface area contributed by atoms with Crippen molar-refractivity contribution in [3.8, 4) is 6.07 Å². The van der Waals surface area contributed by atoms with Gasteiger partial charge < -0.3 is 0 Å². The van der Waals surface area contributed by atoms with Gasteiger partial charge in [0, 0.05) is 5.57 Å². The van der Waals surface area contributed by atoms with E-state index in [1.807, 2.05) is 26.8 Å². The first kappa shape index (κ1) is 20.2. The van der Waals surface area contributed by atoms with Crippen LogP contribution in [0, 0.1) is 17.2 Å². The number of nitrogens with zero attached hydrogens (tertiary/aromatic N) is 1. The highest BCUT2D eigenvalue weighted by Gasteiger charge is 2.42. The van der Waals surface area contributed by atoms with Gasteiger partial charge in [-0.1, -0.05) is 55.7 Å². The summed E-state index contributed by atoms with van der Waals surface area (Å²) in [6.07, 6.45) is 1.82. The van der Waals surface area contributed by atoms with Crippen LogP contribution in [0.3, 0.4) is 0 Å². The van der Waals surface area contributed by atoms with Gasteiger partial charge in [-0.15, -0.1) is 0 Å². The molecule has 0 aromatic carbocycles. The summed E-state index contributed by atoms with van der Waals surface area (Å²) < 4.78 is 40.0. The first-order valence-corrected chi connectivity index (χ1v) is 7.36. The van der Waals surface area contributed by atoms with Gasteiger partial charge >= 0.3 is 6.18 Å². The minimum Gasteiger partial charge on any atom is -0.192 e. The highest BCUT2D eigenvalue weighted by atomic mass is 19.4. The van der Waals surface area contributed by atoms with E-state index in [9.17, 15) is 13.2 Å². The molecule has 0 amide bonds. The Morgan fingerprint density at radius 2 is 1.82 bits per heavy atom. The van der Waals surface area contributed by atoms with Crippen LogP contribution >= 0.6 is 0 Å². The van der Waals surface area contributed by atoms with Crippen LogP contribution in [0.15, 0.2) is 47.1 Å². The summed E-state index contributed by atoms with van der Waals surface area (Å²) in [5.74, 6) is -1.64. The second-order valence-electron chi connectivity index (χ2n) is 5.35. The van der Waals surface area contributed by atoms with E-state index in [0.717, 1.165) is 5.57 Å². The molecule has 0 radical (unpaired) electrons. The van der Waals surface area contributed by atoms with Crippen molar-refractivity contribution in [2.24, 2.45) is 5.92 Å². The molecule has 0 spiro atoms. The molecule has 1 unspecified atom stereocenters. The summed E-state index contributed by atoms with van der Waals surface area (Å²) in [6, 6.07) is 1.76. The minimum absolute atomic E-state index is 0.0254. The fraction of sp³-hybridized carbons (Fsp3) is 0.500. The second-order valence-corrected chi connectivity index (χ2v) is 5.35. The van der Waals surface area contributed by atoms with Gasteiger partial charge in [-0.2, -0.15) is 18.4 Å². The molecule has 1 atom stereocenters. The lowest BCUT2D eigenvalue weighted by atomic mass is 9.87. The van der Waals surface area contributed by atoms with Crippen LogP contribution in [-0.2, 0) is 0 Å². The van der Waals surface area contributed by atoms with Gasteiger partial charge in [0.1, 0.15) is 0 Å². The molecule has 4 heteroatoms. The van der Waals surface area contributed by atoms with E-state index in [4.69, 9.17) is 5.26 Å². The average molecular weight is 311 g/mol. The molecule has 0 rings (SSSR count). The molecule has 0 aliphatic heterocycles. The van der Waals surface area contributed by atoms with Crippen LogP contribution in [-0.4, -0.2) is 6.18 Å². The Labute approximate surface area is 131 Å². The summed E-state index contributed by atoms with van der Waals surface area (Å²) >= 11 is 0. The summed E-state index contributed by atoms with van der Waals surface area (Å²) in [4.78, 5) is 0. The predicted octanol–water partition coefficient (Wildman–Crippen LogP) is 6.27. The van der Waals surface area contributed by atoms with Crippen molar-refractivity contribution in [1.82, 2.24) is 0 Å². The van der Waals surface area contributed by atoms with E-state index in [0.29, 0.717) is 18.4 Å². The zero-order valence-corrected chi connectivity index (χ0v) is 13.7. The lowest BCUT2D eigenvalue weighted by molar-refractivity contribution is -0.165. The minimum atomic E-state index is -4.38. The largest absolute Gasteiger partial charge is 0.395 e. The summed E-state index contributed by atoms with van der Waals surface area (Å²) in [7, 11) is 0. The standard InChI is InChI=1S/C18H24F3N/c1-6-8-9-17(18(19,20)21)16(15(5)12-22)11-14(4)10-13(3)7-2/h7,10-11,17H,5-6,8-9H2,1-4H3/b13-7-,14-10+,16-11-. The summed E-state index contributed by atoms with van der Waals surface area (Å²) in [6.45, 7) is 10.8. The quantitative estimate of drug-likeness (QED) is 0.401. The van der Waals surface area contributed by atoms with Crippen LogP contribution in [0.1, 0.15) is 47.0 Å². The Kier molecular flexibility index (Phi) is 8.55. The van der Waals surface area contributed by atoms with Crippen molar-refractivity contribution in [2.45, 2.75) is 53.1 Å². The van der Waals surface area contributed by atoms with Crippen LogP contribution in [0.25, 0.3) is 0 Å². The number of hydrogen-bond acceptors (Lipinski definition) is 1. The van der Waals surface area contributed by atoms with E-state index in [1.54, 1.807) is 19.1 Å². The smallest absolute Gasteiger partial charge is 0.192 e. The van der Waals surface area contributed by atoms with E-state index < -0.39 is 12.1 Å². The van der Waals surface area contributed by atoms with Crippen LogP contribution in [0.2, 0.25) is 0 Å². The SMILES string of the molecule is C=C(C#N)/C(=C/C(C)=C/C(C)=C\C)C(CCCC)C(F)(F)F. The molecule has 22 heavy (non-hydrogen) atoms. The number of nitriles is 1. The van der Waals surface area contributed by atoms with Crippen molar-refractivity contribution in [3.63, 3.8) is 0 Å². The highest BCUT2D eigenvalue weighted by molar-refractivity contribution is 5.46. The lowest BCUT2D eigenvalue weighted by Gasteiger charge is -2.23. The molecule has 0 saturated heterocycles. The number of alkyl halides is 3. The highest BCUT2D eigenvalue weighted by Crippen LogP contribution is 2.38. The Balaban J connectivity index is 5.83. The van der Waals surface area contributed by atoms with Crippen molar-refractivity contribution in [1.29, 1.82) is 5.26 Å². The van der Waals surface area contributed by atoms with E-state index in [-0.39, 0.29) is 17.6 Å². The van der Waals surface area contributed by atoms with Crippen molar-refractivity contribution >= 4 is 0 Å². The van der Waals surface area contributed by atoms with E-state index >= 15 is 0 Å². The summed E-state index contributed by atoms with van der Waals surface area (Å²) in [5.41, 5.74) is 1.48. The normalized spacial score (nSPS) is 15.5. The maximum absolute atomic E-state index is 13.3. The third-order valence-electron chi connectivity index (χ3n) is 3.39. The molecular weight excluding hydrogens is 287 g/mol. The molecule has 0 saturated carbocycles. The van der Waals surface area contributed by atoms with Crippen LogP contribution in [0.4, 0.5) is 13.2 Å². The Bertz CT molecular complexity index is 513. The monoisotopic (exact) mass is 311 g/mol.